The Bertz CT molecular complexity index is 322. The van der Waals surface area contributed by atoms with E-state index < -0.39 is 0 Å². The van der Waals surface area contributed by atoms with Crippen LogP contribution in [0.2, 0.25) is 0 Å². The normalized spacial score (nSPS) is 25.9. The summed E-state index contributed by atoms with van der Waals surface area (Å²) in [7, 11) is 2.01. The Morgan fingerprint density at radius 1 is 1.35 bits per heavy atom. The number of alkyl halides is 1. The van der Waals surface area contributed by atoms with Crippen molar-refractivity contribution in [2.75, 3.05) is 11.6 Å². The molecule has 5 nitrogen and oxygen atoms in total. The molecule has 0 spiro atoms. The average molecular weight is 349 g/mol. The summed E-state index contributed by atoms with van der Waals surface area (Å²) in [4.78, 5) is 11.2. The monoisotopic (exact) mass is 349 g/mol. The van der Waals surface area contributed by atoms with E-state index in [4.69, 9.17) is 5.73 Å². The van der Waals surface area contributed by atoms with Gasteiger partial charge in [-0.15, -0.1) is 0 Å². The third-order valence-electron chi connectivity index (χ3n) is 3.38. The molecule has 1 saturated carbocycles. The molecule has 0 amide bonds. The van der Waals surface area contributed by atoms with Gasteiger partial charge in [0.25, 0.3) is 0 Å². The predicted octanol–water partition coefficient (Wildman–Crippen LogP) is 1.49. The fourth-order valence-corrected chi connectivity index (χ4v) is 2.69. The van der Waals surface area contributed by atoms with Crippen LogP contribution in [-0.4, -0.2) is 34.6 Å². The first-order valence-corrected chi connectivity index (χ1v) is 7.68. The first-order valence-electron chi connectivity index (χ1n) is 6.16. The van der Waals surface area contributed by atoms with E-state index in [9.17, 15) is 0 Å². The molecule has 1 unspecified atom stereocenters. The molecule has 1 atom stereocenters. The van der Waals surface area contributed by atoms with Gasteiger partial charge in [-0.2, -0.15) is 0 Å². The van der Waals surface area contributed by atoms with Crippen molar-refractivity contribution in [1.29, 1.82) is 0 Å². The Balaban J connectivity index is 2.08. The van der Waals surface area contributed by atoms with E-state index in [0.717, 1.165) is 10.5 Å². The molecule has 0 aromatic rings. The van der Waals surface area contributed by atoms with Gasteiger partial charge < -0.3 is 10.6 Å². The van der Waals surface area contributed by atoms with Crippen molar-refractivity contribution >= 4 is 34.5 Å². The van der Waals surface area contributed by atoms with E-state index >= 15 is 0 Å². The van der Waals surface area contributed by atoms with Crippen LogP contribution in [0, 0.1) is 5.92 Å². The maximum absolute atomic E-state index is 5.84. The Kier molecular flexibility index (Phi) is 4.47. The van der Waals surface area contributed by atoms with Crippen LogP contribution in [0.3, 0.4) is 0 Å². The van der Waals surface area contributed by atoms with Gasteiger partial charge in [0.15, 0.2) is 5.96 Å². The number of nitrogens with one attached hydrogen (secondary N) is 1. The molecule has 0 radical (unpaired) electrons. The summed E-state index contributed by atoms with van der Waals surface area (Å²) in [6.07, 6.45) is 6.44. The molecule has 0 aromatic carbocycles. The SMILES string of the molecule is CN(CI)C1=NC(C2CCCCC2)N=C(N)N1. The second-order valence-corrected chi connectivity index (χ2v) is 5.40. The fraction of sp³-hybridized carbons (Fsp3) is 0.818. The lowest BCUT2D eigenvalue weighted by atomic mass is 9.87. The molecule has 6 heteroatoms. The largest absolute Gasteiger partial charge is 0.370 e. The minimum Gasteiger partial charge on any atom is -0.370 e. The zero-order valence-electron chi connectivity index (χ0n) is 10.2. The van der Waals surface area contributed by atoms with Crippen molar-refractivity contribution in [3.8, 4) is 0 Å². The summed E-state index contributed by atoms with van der Waals surface area (Å²) in [5.74, 6) is 1.92. The van der Waals surface area contributed by atoms with Crippen LogP contribution in [0.4, 0.5) is 0 Å². The number of nitrogens with two attached hydrogens (primary N) is 1. The van der Waals surface area contributed by atoms with Gasteiger partial charge in [-0.05, 0) is 12.8 Å². The number of halogens is 1. The topological polar surface area (TPSA) is 66.0 Å². The molecule has 1 aliphatic carbocycles. The lowest BCUT2D eigenvalue weighted by Crippen LogP contribution is -2.49. The third kappa shape index (κ3) is 3.23. The Morgan fingerprint density at radius 3 is 2.71 bits per heavy atom. The number of nitrogens with zero attached hydrogens (tertiary/aromatic N) is 3. The van der Waals surface area contributed by atoms with E-state index in [-0.39, 0.29) is 6.17 Å². The number of guanidine groups is 2. The lowest BCUT2D eigenvalue weighted by molar-refractivity contribution is 0.307. The van der Waals surface area contributed by atoms with E-state index in [2.05, 4.69) is 42.8 Å². The molecule has 0 saturated heterocycles. The fourth-order valence-electron chi connectivity index (χ4n) is 2.37. The number of aliphatic imine (C=N–C) groups is 2. The minimum atomic E-state index is 0.0250. The Labute approximate surface area is 116 Å². The van der Waals surface area contributed by atoms with Crippen LogP contribution in [0.15, 0.2) is 9.98 Å². The number of rotatable bonds is 2. The van der Waals surface area contributed by atoms with Crippen LogP contribution in [0.1, 0.15) is 32.1 Å². The highest BCUT2D eigenvalue weighted by Gasteiger charge is 2.26. The summed E-state index contributed by atoms with van der Waals surface area (Å²) in [6, 6.07) is 0. The first-order chi connectivity index (χ1) is 8.20. The second kappa shape index (κ2) is 5.88. The zero-order valence-corrected chi connectivity index (χ0v) is 12.4. The van der Waals surface area contributed by atoms with Gasteiger partial charge in [-0.3, -0.25) is 5.32 Å². The van der Waals surface area contributed by atoms with Gasteiger partial charge in [0.2, 0.25) is 5.96 Å². The molecule has 2 aliphatic rings. The van der Waals surface area contributed by atoms with Gasteiger partial charge >= 0.3 is 0 Å². The average Bonchev–Trinajstić information content (AvgIpc) is 2.38. The van der Waals surface area contributed by atoms with E-state index in [1.54, 1.807) is 0 Å². The van der Waals surface area contributed by atoms with Gasteiger partial charge in [0.05, 0.1) is 4.55 Å². The van der Waals surface area contributed by atoms with Crippen LogP contribution >= 0.6 is 22.6 Å². The molecule has 0 bridgehead atoms. The van der Waals surface area contributed by atoms with Crippen molar-refractivity contribution in [3.63, 3.8) is 0 Å². The molecule has 1 heterocycles. The van der Waals surface area contributed by atoms with Crippen LogP contribution in [-0.2, 0) is 0 Å². The van der Waals surface area contributed by atoms with Gasteiger partial charge in [-0.1, -0.05) is 41.9 Å². The van der Waals surface area contributed by atoms with Crippen LogP contribution < -0.4 is 11.1 Å². The van der Waals surface area contributed by atoms with Crippen molar-refractivity contribution < 1.29 is 0 Å². The molecule has 2 rings (SSSR count). The number of hydrogen-bond donors (Lipinski definition) is 2. The standard InChI is InChI=1S/C11H20IN5/c1-17(7-12)11-15-9(14-10(13)16-11)8-5-3-2-4-6-8/h8-9H,2-7H2,1H3,(H3,13,14,15,16). The highest BCUT2D eigenvalue weighted by Crippen LogP contribution is 2.29. The van der Waals surface area contributed by atoms with E-state index in [1.165, 1.54) is 32.1 Å². The molecule has 1 aliphatic heterocycles. The predicted molar refractivity (Wildman–Crippen MR) is 79.2 cm³/mol. The highest BCUT2D eigenvalue weighted by molar-refractivity contribution is 14.1. The smallest absolute Gasteiger partial charge is 0.203 e. The van der Waals surface area contributed by atoms with Crippen molar-refractivity contribution in [1.82, 2.24) is 10.2 Å². The summed E-state index contributed by atoms with van der Waals surface area (Å²) in [6.45, 7) is 0. The minimum absolute atomic E-state index is 0.0250. The summed E-state index contributed by atoms with van der Waals surface area (Å²) in [5, 5.41) is 3.03. The molecule has 17 heavy (non-hydrogen) atoms. The van der Waals surface area contributed by atoms with Gasteiger partial charge in [-0.25, -0.2) is 9.98 Å². The van der Waals surface area contributed by atoms with Crippen LogP contribution in [0.5, 0.6) is 0 Å². The Morgan fingerprint density at radius 2 is 2.06 bits per heavy atom. The Hall–Kier alpha value is -0.530. The highest BCUT2D eigenvalue weighted by atomic mass is 127. The third-order valence-corrected chi connectivity index (χ3v) is 4.40. The lowest BCUT2D eigenvalue weighted by Gasteiger charge is -2.30. The molecule has 1 fully saturated rings. The molecular formula is C11H20IN5. The number of hydrogen-bond acceptors (Lipinski definition) is 5. The molecule has 3 N–H and O–H groups in total. The van der Waals surface area contributed by atoms with Gasteiger partial charge in [0, 0.05) is 13.0 Å². The van der Waals surface area contributed by atoms with Crippen molar-refractivity contribution in [3.05, 3.63) is 0 Å². The molecule has 96 valence electrons. The van der Waals surface area contributed by atoms with Crippen molar-refractivity contribution in [2.45, 2.75) is 38.3 Å². The maximum atomic E-state index is 5.84. The maximum Gasteiger partial charge on any atom is 0.203 e. The van der Waals surface area contributed by atoms with Crippen LogP contribution in [0.25, 0.3) is 0 Å². The second-order valence-electron chi connectivity index (χ2n) is 4.72. The molecular weight excluding hydrogens is 329 g/mol. The first kappa shape index (κ1) is 12.9. The van der Waals surface area contributed by atoms with E-state index in [0.29, 0.717) is 11.9 Å². The zero-order chi connectivity index (χ0) is 12.3. The quantitative estimate of drug-likeness (QED) is 0.451. The van der Waals surface area contributed by atoms with E-state index in [1.807, 2.05) is 7.05 Å². The van der Waals surface area contributed by atoms with Gasteiger partial charge in [0.1, 0.15) is 6.17 Å². The summed E-state index contributed by atoms with van der Waals surface area (Å²) < 4.78 is 0.883. The molecule has 0 aromatic heterocycles. The van der Waals surface area contributed by atoms with Crippen molar-refractivity contribution in [2.24, 2.45) is 21.6 Å². The summed E-state index contributed by atoms with van der Waals surface area (Å²) >= 11 is 2.31. The summed E-state index contributed by atoms with van der Waals surface area (Å²) in [5.41, 5.74) is 5.84.